The quantitative estimate of drug-likeness (QED) is 0.298. The summed E-state index contributed by atoms with van der Waals surface area (Å²) in [4.78, 5) is 19.4. The zero-order valence-electron chi connectivity index (χ0n) is 19.0. The van der Waals surface area contributed by atoms with Gasteiger partial charge in [-0.1, -0.05) is 18.2 Å². The van der Waals surface area contributed by atoms with Crippen LogP contribution in [-0.4, -0.2) is 48.5 Å². The number of nitro groups is 2. The Labute approximate surface area is 205 Å². The zero-order chi connectivity index (χ0) is 25.9. The molecule has 11 nitrogen and oxygen atoms in total. The van der Waals surface area contributed by atoms with E-state index < -0.39 is 15.7 Å². The highest BCUT2D eigenvalue weighted by molar-refractivity contribution is 5.43. The summed E-state index contributed by atoms with van der Waals surface area (Å²) in [6.07, 6.45) is 0.254. The number of nitrogen functional groups attached to an aromatic ring is 1. The minimum Gasteiger partial charge on any atom is -0.486 e. The van der Waals surface area contributed by atoms with Gasteiger partial charge in [-0.05, 0) is 24.3 Å². The van der Waals surface area contributed by atoms with Crippen molar-refractivity contribution in [2.45, 2.75) is 12.2 Å². The molecule has 0 radical (unpaired) electrons. The van der Waals surface area contributed by atoms with Gasteiger partial charge in [0.15, 0.2) is 0 Å². The van der Waals surface area contributed by atoms with E-state index in [1.165, 1.54) is 24.3 Å². The zero-order valence-corrected chi connectivity index (χ0v) is 19.0. The van der Waals surface area contributed by atoms with Crippen LogP contribution in [0.2, 0.25) is 0 Å². The monoisotopic (exact) mass is 501 g/mol. The van der Waals surface area contributed by atoms with Gasteiger partial charge in [0.05, 0.1) is 48.4 Å². The first kappa shape index (κ1) is 26.3. The highest BCUT2D eigenvalue weighted by Crippen LogP contribution is 2.22. The SMILES string of the molecule is Nc1cccc(OC2COC2)c1.O=[N+]([O-])c1cccc(F)c1.O=[N+]([O-])c1cccc(OC2COC2)c1. The molecule has 0 unspecified atom stereocenters. The maximum atomic E-state index is 12.2. The number of rotatable bonds is 6. The number of hydrogen-bond acceptors (Lipinski definition) is 9. The van der Waals surface area contributed by atoms with Crippen molar-refractivity contribution in [2.75, 3.05) is 32.2 Å². The van der Waals surface area contributed by atoms with Gasteiger partial charge in [0, 0.05) is 23.9 Å². The molecule has 2 aliphatic heterocycles. The Morgan fingerprint density at radius 1 is 0.750 bits per heavy atom. The smallest absolute Gasteiger partial charge is 0.273 e. The van der Waals surface area contributed by atoms with Crippen molar-refractivity contribution in [3.63, 3.8) is 0 Å². The Balaban J connectivity index is 0.000000153. The molecule has 2 heterocycles. The van der Waals surface area contributed by atoms with E-state index >= 15 is 0 Å². The summed E-state index contributed by atoms with van der Waals surface area (Å²) in [5.74, 6) is 0.755. The normalized spacial score (nSPS) is 14.5. The molecule has 3 aromatic rings. The van der Waals surface area contributed by atoms with Gasteiger partial charge in [-0.3, -0.25) is 20.2 Å². The lowest BCUT2D eigenvalue weighted by Gasteiger charge is -2.26. The molecule has 0 amide bonds. The molecular weight excluding hydrogens is 477 g/mol. The number of nitrogens with two attached hydrogens (primary N) is 1. The second-order valence-electron chi connectivity index (χ2n) is 7.62. The first-order valence-electron chi connectivity index (χ1n) is 10.8. The molecule has 3 aromatic carbocycles. The van der Waals surface area contributed by atoms with E-state index in [1.54, 1.807) is 12.1 Å². The number of anilines is 1. The third kappa shape index (κ3) is 8.49. The van der Waals surface area contributed by atoms with Crippen LogP contribution in [0.4, 0.5) is 21.5 Å². The highest BCUT2D eigenvalue weighted by atomic mass is 19.1. The highest BCUT2D eigenvalue weighted by Gasteiger charge is 2.21. The van der Waals surface area contributed by atoms with Crippen LogP contribution >= 0.6 is 0 Å². The van der Waals surface area contributed by atoms with E-state index in [0.29, 0.717) is 32.2 Å². The van der Waals surface area contributed by atoms with Gasteiger partial charge in [-0.2, -0.15) is 0 Å². The number of hydrogen-bond donors (Lipinski definition) is 1. The summed E-state index contributed by atoms with van der Waals surface area (Å²) in [6.45, 7) is 2.50. The van der Waals surface area contributed by atoms with Crippen LogP contribution in [0.15, 0.2) is 72.8 Å². The fourth-order valence-electron chi connectivity index (χ4n) is 2.80. The second-order valence-corrected chi connectivity index (χ2v) is 7.62. The van der Waals surface area contributed by atoms with Crippen LogP contribution < -0.4 is 15.2 Å². The second kappa shape index (κ2) is 13.0. The molecule has 0 bridgehead atoms. The topological polar surface area (TPSA) is 149 Å². The first-order chi connectivity index (χ1) is 17.3. The summed E-state index contributed by atoms with van der Waals surface area (Å²) in [6, 6.07) is 18.2. The number of non-ortho nitro benzene ring substituents is 2. The Kier molecular flexibility index (Phi) is 9.48. The van der Waals surface area contributed by atoms with Gasteiger partial charge in [-0.15, -0.1) is 0 Å². The Morgan fingerprint density at radius 2 is 1.22 bits per heavy atom. The number of halogens is 1. The molecule has 0 spiro atoms. The van der Waals surface area contributed by atoms with E-state index in [0.717, 1.165) is 23.6 Å². The van der Waals surface area contributed by atoms with E-state index in [2.05, 4.69) is 0 Å². The fourth-order valence-corrected chi connectivity index (χ4v) is 2.80. The first-order valence-corrected chi connectivity index (χ1v) is 10.8. The summed E-state index contributed by atoms with van der Waals surface area (Å²) < 4.78 is 33.1. The van der Waals surface area contributed by atoms with Gasteiger partial charge in [0.1, 0.15) is 29.5 Å². The molecule has 190 valence electrons. The number of ether oxygens (including phenoxy) is 4. The Bertz CT molecular complexity index is 1170. The largest absolute Gasteiger partial charge is 0.486 e. The molecule has 0 atom stereocenters. The predicted molar refractivity (Wildman–Crippen MR) is 127 cm³/mol. The molecule has 2 aliphatic rings. The summed E-state index contributed by atoms with van der Waals surface area (Å²) >= 11 is 0. The summed E-state index contributed by atoms with van der Waals surface area (Å²) in [5.41, 5.74) is 6.13. The minimum absolute atomic E-state index is 0.0389. The summed E-state index contributed by atoms with van der Waals surface area (Å²) in [7, 11) is 0. The predicted octanol–water partition coefficient (Wildman–Crippen LogP) is 4.15. The van der Waals surface area contributed by atoms with Crippen LogP contribution in [0.25, 0.3) is 0 Å². The third-order valence-electron chi connectivity index (χ3n) is 4.73. The number of nitro benzene ring substituents is 2. The number of benzene rings is 3. The fraction of sp³-hybridized carbons (Fsp3) is 0.250. The average molecular weight is 501 g/mol. The Morgan fingerprint density at radius 3 is 1.64 bits per heavy atom. The lowest BCUT2D eigenvalue weighted by Crippen LogP contribution is -2.38. The van der Waals surface area contributed by atoms with Crippen molar-refractivity contribution in [1.82, 2.24) is 0 Å². The lowest BCUT2D eigenvalue weighted by molar-refractivity contribution is -0.385. The Hall–Kier alpha value is -4.29. The number of nitrogens with zero attached hydrogens (tertiary/aromatic N) is 2. The maximum absolute atomic E-state index is 12.2. The minimum atomic E-state index is -0.636. The van der Waals surface area contributed by atoms with E-state index in [9.17, 15) is 24.6 Å². The molecular formula is C24H24FN3O8. The van der Waals surface area contributed by atoms with Crippen molar-refractivity contribution >= 4 is 17.1 Å². The van der Waals surface area contributed by atoms with E-state index in [-0.39, 0.29) is 23.6 Å². The van der Waals surface area contributed by atoms with Gasteiger partial charge < -0.3 is 24.7 Å². The van der Waals surface area contributed by atoms with Crippen molar-refractivity contribution in [2.24, 2.45) is 0 Å². The molecule has 5 rings (SSSR count). The average Bonchev–Trinajstić information content (AvgIpc) is 2.80. The molecule has 2 fully saturated rings. The van der Waals surface area contributed by atoms with Crippen molar-refractivity contribution < 1.29 is 33.2 Å². The van der Waals surface area contributed by atoms with Crippen LogP contribution in [0.5, 0.6) is 11.5 Å². The molecule has 0 saturated carbocycles. The van der Waals surface area contributed by atoms with Crippen LogP contribution in [0, 0.1) is 26.0 Å². The summed E-state index contributed by atoms with van der Waals surface area (Å²) in [5, 5.41) is 20.4. The van der Waals surface area contributed by atoms with Gasteiger partial charge in [0.2, 0.25) is 0 Å². The van der Waals surface area contributed by atoms with Crippen molar-refractivity contribution in [3.8, 4) is 11.5 Å². The van der Waals surface area contributed by atoms with Crippen LogP contribution in [-0.2, 0) is 9.47 Å². The van der Waals surface area contributed by atoms with E-state index in [1.807, 2.05) is 24.3 Å². The standard InChI is InChI=1S/C9H9NO4.C9H11NO2.C6H4FNO2/c11-10(12)7-2-1-3-8(4-7)14-9-5-13-6-9;10-7-2-1-3-8(4-7)12-9-5-11-6-9;7-5-2-1-3-6(4-5)8(9)10/h1-4,9H,5-6H2;1-4,9H,5-6,10H2;1-4H. The molecule has 0 aliphatic carbocycles. The molecule has 0 aromatic heterocycles. The van der Waals surface area contributed by atoms with Gasteiger partial charge in [0.25, 0.3) is 11.4 Å². The van der Waals surface area contributed by atoms with E-state index in [4.69, 9.17) is 24.7 Å². The maximum Gasteiger partial charge on any atom is 0.273 e. The van der Waals surface area contributed by atoms with Gasteiger partial charge in [-0.25, -0.2) is 4.39 Å². The molecule has 12 heteroatoms. The van der Waals surface area contributed by atoms with Gasteiger partial charge >= 0.3 is 0 Å². The van der Waals surface area contributed by atoms with Crippen LogP contribution in [0.3, 0.4) is 0 Å². The van der Waals surface area contributed by atoms with Crippen molar-refractivity contribution in [1.29, 1.82) is 0 Å². The van der Waals surface area contributed by atoms with Crippen molar-refractivity contribution in [3.05, 3.63) is 98.8 Å². The van der Waals surface area contributed by atoms with Crippen LogP contribution in [0.1, 0.15) is 0 Å². The molecule has 2 saturated heterocycles. The molecule has 2 N–H and O–H groups in total. The molecule has 36 heavy (non-hydrogen) atoms. The third-order valence-corrected chi connectivity index (χ3v) is 4.73. The lowest BCUT2D eigenvalue weighted by atomic mass is 10.3.